The van der Waals surface area contributed by atoms with Crippen molar-refractivity contribution in [2.45, 2.75) is 83.6 Å². The van der Waals surface area contributed by atoms with E-state index in [0.717, 1.165) is 37.1 Å². The summed E-state index contributed by atoms with van der Waals surface area (Å²) in [6, 6.07) is 18.2. The molecule has 0 bridgehead atoms. The van der Waals surface area contributed by atoms with E-state index in [1.165, 1.54) is 74.7 Å². The van der Waals surface area contributed by atoms with Crippen LogP contribution in [0.25, 0.3) is 0 Å². The normalized spacial score (nSPS) is 19.5. The Bertz CT molecular complexity index is 887. The molecule has 1 aliphatic heterocycles. The smallest absolute Gasteiger partial charge is 0.123 e. The van der Waals surface area contributed by atoms with Crippen LogP contribution >= 0.6 is 0 Å². The highest BCUT2D eigenvalue weighted by Crippen LogP contribution is 2.38. The van der Waals surface area contributed by atoms with Crippen molar-refractivity contribution in [1.29, 1.82) is 0 Å². The summed E-state index contributed by atoms with van der Waals surface area (Å²) in [5.41, 5.74) is 4.35. The molecule has 2 fully saturated rings. The largest absolute Gasteiger partial charge is 0.496 e. The standard InChI is InChI=1S/C32H48N2O/c1-32(2,3)28-16-14-25(15-17-28)18-21-33-24-30(29-12-8-9-13-31(29)35-4)34-22-19-27(20-23-34)26-10-6-5-7-11-26/h8-9,12-17,26-27,30,33H,5-7,10-11,18-24H2,1-4H3. The van der Waals surface area contributed by atoms with Crippen molar-refractivity contribution >= 4 is 0 Å². The second kappa shape index (κ2) is 12.4. The number of hydrogen-bond acceptors (Lipinski definition) is 3. The van der Waals surface area contributed by atoms with E-state index in [-0.39, 0.29) is 5.41 Å². The van der Waals surface area contributed by atoms with Gasteiger partial charge in [-0.15, -0.1) is 0 Å². The third-order valence-corrected chi connectivity index (χ3v) is 8.58. The molecular weight excluding hydrogens is 428 g/mol. The summed E-state index contributed by atoms with van der Waals surface area (Å²) < 4.78 is 5.79. The Balaban J connectivity index is 1.35. The van der Waals surface area contributed by atoms with Gasteiger partial charge in [-0.05, 0) is 73.3 Å². The van der Waals surface area contributed by atoms with Crippen LogP contribution < -0.4 is 10.1 Å². The van der Waals surface area contributed by atoms with Gasteiger partial charge >= 0.3 is 0 Å². The maximum atomic E-state index is 5.79. The molecule has 1 aliphatic carbocycles. The molecule has 1 heterocycles. The van der Waals surface area contributed by atoms with Crippen LogP contribution in [0.1, 0.15) is 88.4 Å². The summed E-state index contributed by atoms with van der Waals surface area (Å²) >= 11 is 0. The lowest BCUT2D eigenvalue weighted by atomic mass is 9.75. The maximum Gasteiger partial charge on any atom is 0.123 e. The van der Waals surface area contributed by atoms with Gasteiger partial charge in [0.15, 0.2) is 0 Å². The molecule has 0 aromatic heterocycles. The number of piperidine rings is 1. The molecule has 192 valence electrons. The van der Waals surface area contributed by atoms with Crippen LogP contribution in [0.3, 0.4) is 0 Å². The zero-order chi connectivity index (χ0) is 24.7. The Morgan fingerprint density at radius 1 is 0.886 bits per heavy atom. The van der Waals surface area contributed by atoms with Crippen molar-refractivity contribution in [3.8, 4) is 5.75 Å². The van der Waals surface area contributed by atoms with E-state index in [1.807, 2.05) is 0 Å². The third-order valence-electron chi connectivity index (χ3n) is 8.58. The van der Waals surface area contributed by atoms with E-state index in [0.29, 0.717) is 6.04 Å². The maximum absolute atomic E-state index is 5.79. The Labute approximate surface area is 214 Å². The lowest BCUT2D eigenvalue weighted by molar-refractivity contribution is 0.0927. The van der Waals surface area contributed by atoms with Crippen LogP contribution in [0.2, 0.25) is 0 Å². The minimum atomic E-state index is 0.211. The number of methoxy groups -OCH3 is 1. The molecule has 2 aliphatic rings. The Kier molecular flexibility index (Phi) is 9.30. The number of nitrogens with one attached hydrogen (secondary N) is 1. The molecular formula is C32H48N2O. The molecule has 3 heteroatoms. The zero-order valence-electron chi connectivity index (χ0n) is 22.7. The number of para-hydroxylation sites is 1. The lowest BCUT2D eigenvalue weighted by Gasteiger charge is -2.41. The summed E-state index contributed by atoms with van der Waals surface area (Å²) in [5, 5.41) is 3.80. The summed E-state index contributed by atoms with van der Waals surface area (Å²) in [4.78, 5) is 2.72. The van der Waals surface area contributed by atoms with E-state index in [4.69, 9.17) is 4.74 Å². The Morgan fingerprint density at radius 3 is 2.20 bits per heavy atom. The highest BCUT2D eigenvalue weighted by molar-refractivity contribution is 5.36. The van der Waals surface area contributed by atoms with Crippen LogP contribution in [-0.4, -0.2) is 38.2 Å². The minimum absolute atomic E-state index is 0.211. The predicted molar refractivity (Wildman–Crippen MR) is 148 cm³/mol. The second-order valence-electron chi connectivity index (χ2n) is 11.9. The van der Waals surface area contributed by atoms with Crippen molar-refractivity contribution < 1.29 is 4.74 Å². The van der Waals surface area contributed by atoms with Gasteiger partial charge in [0.1, 0.15) is 5.75 Å². The molecule has 1 saturated heterocycles. The first-order valence-electron chi connectivity index (χ1n) is 14.1. The monoisotopic (exact) mass is 476 g/mol. The Morgan fingerprint density at radius 2 is 1.54 bits per heavy atom. The SMILES string of the molecule is COc1ccccc1C(CNCCc1ccc(C(C)(C)C)cc1)N1CCC(C2CCCCC2)CC1. The molecule has 0 spiro atoms. The third kappa shape index (κ3) is 7.11. The van der Waals surface area contributed by atoms with Crippen LogP contribution in [0.5, 0.6) is 5.75 Å². The predicted octanol–water partition coefficient (Wildman–Crippen LogP) is 7.16. The molecule has 4 rings (SSSR count). The van der Waals surface area contributed by atoms with Gasteiger partial charge in [0, 0.05) is 12.1 Å². The number of hydrogen-bond donors (Lipinski definition) is 1. The van der Waals surface area contributed by atoms with E-state index in [2.05, 4.69) is 79.5 Å². The van der Waals surface area contributed by atoms with Gasteiger partial charge < -0.3 is 10.1 Å². The van der Waals surface area contributed by atoms with Crippen molar-refractivity contribution in [2.75, 3.05) is 33.3 Å². The van der Waals surface area contributed by atoms with Gasteiger partial charge in [0.05, 0.1) is 13.2 Å². The summed E-state index contributed by atoms with van der Waals surface area (Å²) in [6.07, 6.45) is 11.1. The Hall–Kier alpha value is -1.84. The summed E-state index contributed by atoms with van der Waals surface area (Å²) in [5.74, 6) is 2.94. The molecule has 1 N–H and O–H groups in total. The van der Waals surface area contributed by atoms with E-state index < -0.39 is 0 Å². The van der Waals surface area contributed by atoms with Gasteiger partial charge in [-0.25, -0.2) is 0 Å². The van der Waals surface area contributed by atoms with Crippen molar-refractivity contribution in [2.24, 2.45) is 11.8 Å². The second-order valence-corrected chi connectivity index (χ2v) is 11.9. The van der Waals surface area contributed by atoms with Gasteiger partial charge in [-0.1, -0.05) is 95.3 Å². The fourth-order valence-electron chi connectivity index (χ4n) is 6.33. The molecule has 2 aromatic rings. The first-order chi connectivity index (χ1) is 17.0. The van der Waals surface area contributed by atoms with Gasteiger partial charge in [0.2, 0.25) is 0 Å². The fourth-order valence-corrected chi connectivity index (χ4v) is 6.33. The highest BCUT2D eigenvalue weighted by Gasteiger charge is 2.31. The van der Waals surface area contributed by atoms with Crippen molar-refractivity contribution in [3.63, 3.8) is 0 Å². The van der Waals surface area contributed by atoms with E-state index in [9.17, 15) is 0 Å². The molecule has 0 radical (unpaired) electrons. The van der Waals surface area contributed by atoms with Crippen molar-refractivity contribution in [3.05, 3.63) is 65.2 Å². The fraction of sp³-hybridized carbons (Fsp3) is 0.625. The number of rotatable bonds is 9. The molecule has 3 nitrogen and oxygen atoms in total. The first kappa shape index (κ1) is 26.2. The van der Waals surface area contributed by atoms with Crippen LogP contribution in [0.15, 0.2) is 48.5 Å². The summed E-state index contributed by atoms with van der Waals surface area (Å²) in [7, 11) is 1.81. The topological polar surface area (TPSA) is 24.5 Å². The lowest BCUT2D eigenvalue weighted by Crippen LogP contribution is -2.42. The average Bonchev–Trinajstić information content (AvgIpc) is 2.89. The minimum Gasteiger partial charge on any atom is -0.496 e. The zero-order valence-corrected chi connectivity index (χ0v) is 22.7. The molecule has 1 saturated carbocycles. The highest BCUT2D eigenvalue weighted by atomic mass is 16.5. The quantitative estimate of drug-likeness (QED) is 0.389. The number of likely N-dealkylation sites (tertiary alicyclic amines) is 1. The number of ether oxygens (including phenoxy) is 1. The van der Waals surface area contributed by atoms with Crippen LogP contribution in [-0.2, 0) is 11.8 Å². The van der Waals surface area contributed by atoms with Gasteiger partial charge in [-0.2, -0.15) is 0 Å². The van der Waals surface area contributed by atoms with Crippen LogP contribution in [0.4, 0.5) is 0 Å². The summed E-state index contributed by atoms with van der Waals surface area (Å²) in [6.45, 7) is 11.2. The average molecular weight is 477 g/mol. The van der Waals surface area contributed by atoms with Crippen LogP contribution in [0, 0.1) is 11.8 Å². The van der Waals surface area contributed by atoms with Gasteiger partial charge in [0.25, 0.3) is 0 Å². The van der Waals surface area contributed by atoms with Crippen molar-refractivity contribution in [1.82, 2.24) is 10.2 Å². The van der Waals surface area contributed by atoms with E-state index in [1.54, 1.807) is 7.11 Å². The number of benzene rings is 2. The van der Waals surface area contributed by atoms with Gasteiger partial charge in [-0.3, -0.25) is 4.90 Å². The molecule has 1 unspecified atom stereocenters. The molecule has 35 heavy (non-hydrogen) atoms. The molecule has 2 aromatic carbocycles. The molecule has 0 amide bonds. The first-order valence-corrected chi connectivity index (χ1v) is 14.1. The molecule has 1 atom stereocenters. The van der Waals surface area contributed by atoms with E-state index >= 15 is 0 Å². The number of nitrogens with zero attached hydrogens (tertiary/aromatic N) is 1.